The van der Waals surface area contributed by atoms with Crippen LogP contribution in [-0.2, 0) is 27.7 Å². The van der Waals surface area contributed by atoms with Gasteiger partial charge in [-0.25, -0.2) is 4.39 Å². The molecule has 2 aromatic rings. The molecule has 0 amide bonds. The van der Waals surface area contributed by atoms with E-state index < -0.39 is 0 Å². The van der Waals surface area contributed by atoms with Crippen molar-refractivity contribution in [1.29, 1.82) is 0 Å². The number of pyridine rings is 1. The highest BCUT2D eigenvalue weighted by Gasteiger charge is 2.48. The topological polar surface area (TPSA) is 43.4 Å². The van der Waals surface area contributed by atoms with Gasteiger partial charge >= 0.3 is 0 Å². The van der Waals surface area contributed by atoms with Crippen LogP contribution < -0.4 is 5.32 Å². The Kier molecular flexibility index (Phi) is 6.17. The van der Waals surface area contributed by atoms with E-state index in [-0.39, 0.29) is 16.8 Å². The third-order valence-corrected chi connectivity index (χ3v) is 8.24. The van der Waals surface area contributed by atoms with Crippen molar-refractivity contribution in [1.82, 2.24) is 10.3 Å². The Morgan fingerprint density at radius 3 is 2.74 bits per heavy atom. The molecule has 3 heterocycles. The Bertz CT molecular complexity index is 911. The van der Waals surface area contributed by atoms with E-state index in [1.54, 1.807) is 6.07 Å². The van der Waals surface area contributed by atoms with Crippen molar-refractivity contribution in [2.75, 3.05) is 26.4 Å². The van der Waals surface area contributed by atoms with E-state index in [1.165, 1.54) is 21.8 Å². The number of hydrogen-bond acceptors (Lipinski definition) is 4. The van der Waals surface area contributed by atoms with Crippen LogP contribution in [0.1, 0.15) is 48.9 Å². The quantitative estimate of drug-likeness (QED) is 0.660. The van der Waals surface area contributed by atoms with Gasteiger partial charge in [0, 0.05) is 41.4 Å². The third-order valence-electron chi connectivity index (χ3n) is 7.49. The molecule has 166 valence electrons. The fourth-order valence-electron chi connectivity index (χ4n) is 5.80. The molecule has 3 aliphatic rings. The smallest absolute Gasteiger partial charge is 0.141 e. The van der Waals surface area contributed by atoms with Gasteiger partial charge in [0.15, 0.2) is 0 Å². The van der Waals surface area contributed by atoms with Gasteiger partial charge in [-0.2, -0.15) is 0 Å². The summed E-state index contributed by atoms with van der Waals surface area (Å²) in [5.41, 5.74) is 3.64. The highest BCUT2D eigenvalue weighted by Crippen LogP contribution is 2.47. The first-order chi connectivity index (χ1) is 15.1. The molecule has 1 aliphatic carbocycles. The largest absolute Gasteiger partial charge is 0.381 e. The van der Waals surface area contributed by atoms with Crippen LogP contribution >= 0.6 is 15.9 Å². The molecule has 1 aromatic carbocycles. The SMILES string of the molecule is Fc1ccc([C@]2(CCN[C@H]3Cc4cccc(Br)c4C3)CCOC3(CCOCC3)C2)nc1. The molecule has 5 rings (SSSR count). The van der Waals surface area contributed by atoms with Crippen LogP contribution in [0.25, 0.3) is 0 Å². The maximum absolute atomic E-state index is 13.6. The van der Waals surface area contributed by atoms with Crippen LogP contribution in [0.2, 0.25) is 0 Å². The standard InChI is InChI=1S/C25H30BrFN2O2/c26-22-3-1-2-18-14-20(15-21(18)22)28-10-6-24(23-5-4-19(27)16-29-23)7-13-31-25(17-24)8-11-30-12-9-25/h1-5,16,20,28H,6-15,17H2/t20-,24+/m0/s1. The molecule has 1 N–H and O–H groups in total. The van der Waals surface area contributed by atoms with Crippen molar-refractivity contribution in [2.24, 2.45) is 0 Å². The van der Waals surface area contributed by atoms with E-state index >= 15 is 0 Å². The highest BCUT2D eigenvalue weighted by molar-refractivity contribution is 9.10. The lowest BCUT2D eigenvalue weighted by Gasteiger charge is -2.49. The number of hydrogen-bond donors (Lipinski definition) is 1. The summed E-state index contributed by atoms with van der Waals surface area (Å²) in [5.74, 6) is -0.279. The predicted octanol–water partition coefficient (Wildman–Crippen LogP) is 4.73. The van der Waals surface area contributed by atoms with Gasteiger partial charge in [-0.05, 0) is 80.8 Å². The van der Waals surface area contributed by atoms with Crippen LogP contribution in [0.4, 0.5) is 4.39 Å². The van der Waals surface area contributed by atoms with Gasteiger partial charge in [0.1, 0.15) is 5.82 Å². The monoisotopic (exact) mass is 488 g/mol. The fraction of sp³-hybridized carbons (Fsp3) is 0.560. The first-order valence-corrected chi connectivity index (χ1v) is 12.2. The van der Waals surface area contributed by atoms with Crippen LogP contribution in [0.15, 0.2) is 41.0 Å². The van der Waals surface area contributed by atoms with Crippen LogP contribution in [0.5, 0.6) is 0 Å². The molecule has 0 radical (unpaired) electrons. The molecule has 0 bridgehead atoms. The minimum atomic E-state index is -0.279. The second kappa shape index (κ2) is 8.89. The summed E-state index contributed by atoms with van der Waals surface area (Å²) < 4.78 is 26.8. The average Bonchev–Trinajstić information content (AvgIpc) is 3.19. The number of fused-ring (bicyclic) bond motifs is 1. The van der Waals surface area contributed by atoms with E-state index in [1.807, 2.05) is 6.07 Å². The highest BCUT2D eigenvalue weighted by atomic mass is 79.9. The van der Waals surface area contributed by atoms with Crippen molar-refractivity contribution in [3.8, 4) is 0 Å². The number of nitrogens with one attached hydrogen (secondary N) is 1. The molecule has 0 unspecified atom stereocenters. The normalized spacial score (nSPS) is 27.4. The molecule has 6 heteroatoms. The molecule has 0 saturated carbocycles. The molecular weight excluding hydrogens is 459 g/mol. The molecule has 1 spiro atoms. The number of ether oxygens (including phenoxy) is 2. The lowest BCUT2D eigenvalue weighted by Crippen LogP contribution is -2.51. The van der Waals surface area contributed by atoms with Gasteiger partial charge in [0.25, 0.3) is 0 Å². The number of halogens is 2. The number of benzene rings is 1. The zero-order valence-electron chi connectivity index (χ0n) is 17.8. The van der Waals surface area contributed by atoms with E-state index in [0.717, 1.165) is 77.0 Å². The first-order valence-electron chi connectivity index (χ1n) is 11.4. The third kappa shape index (κ3) is 4.45. The van der Waals surface area contributed by atoms with Crippen molar-refractivity contribution in [2.45, 2.75) is 62.0 Å². The second-order valence-corrected chi connectivity index (χ2v) is 10.3. The Morgan fingerprint density at radius 1 is 1.10 bits per heavy atom. The van der Waals surface area contributed by atoms with E-state index in [9.17, 15) is 4.39 Å². The Hall–Kier alpha value is -1.34. The van der Waals surface area contributed by atoms with Gasteiger partial charge < -0.3 is 14.8 Å². The van der Waals surface area contributed by atoms with Gasteiger partial charge in [0.2, 0.25) is 0 Å². The van der Waals surface area contributed by atoms with Crippen LogP contribution in [0, 0.1) is 5.82 Å². The van der Waals surface area contributed by atoms with Crippen LogP contribution in [-0.4, -0.2) is 43.0 Å². The minimum absolute atomic E-state index is 0.0949. The fourth-order valence-corrected chi connectivity index (χ4v) is 6.37. The van der Waals surface area contributed by atoms with Gasteiger partial charge in [-0.15, -0.1) is 0 Å². The van der Waals surface area contributed by atoms with Gasteiger partial charge in [-0.3, -0.25) is 4.98 Å². The summed E-state index contributed by atoms with van der Waals surface area (Å²) in [4.78, 5) is 4.55. The summed E-state index contributed by atoms with van der Waals surface area (Å²) in [6.45, 7) is 3.14. The number of nitrogens with zero attached hydrogens (tertiary/aromatic N) is 1. The van der Waals surface area contributed by atoms with E-state index in [0.29, 0.717) is 6.04 Å². The Balaban J connectivity index is 1.31. The van der Waals surface area contributed by atoms with E-state index in [4.69, 9.17) is 9.47 Å². The lowest BCUT2D eigenvalue weighted by molar-refractivity contribution is -0.154. The average molecular weight is 489 g/mol. The zero-order valence-corrected chi connectivity index (χ0v) is 19.4. The maximum atomic E-state index is 13.6. The Labute approximate surface area is 192 Å². The van der Waals surface area contributed by atoms with E-state index in [2.05, 4.69) is 44.4 Å². The number of aromatic nitrogens is 1. The summed E-state index contributed by atoms with van der Waals surface area (Å²) in [7, 11) is 0. The summed E-state index contributed by atoms with van der Waals surface area (Å²) in [6.07, 6.45) is 8.18. The van der Waals surface area contributed by atoms with Crippen molar-refractivity contribution < 1.29 is 13.9 Å². The minimum Gasteiger partial charge on any atom is -0.381 e. The summed E-state index contributed by atoms with van der Waals surface area (Å²) in [5, 5.41) is 3.81. The van der Waals surface area contributed by atoms with Crippen molar-refractivity contribution in [3.05, 3.63) is 63.6 Å². The van der Waals surface area contributed by atoms with Gasteiger partial charge in [0.05, 0.1) is 11.8 Å². The molecule has 31 heavy (non-hydrogen) atoms. The second-order valence-electron chi connectivity index (χ2n) is 9.40. The summed E-state index contributed by atoms with van der Waals surface area (Å²) in [6, 6.07) is 10.4. The lowest BCUT2D eigenvalue weighted by atomic mass is 9.66. The molecule has 2 saturated heterocycles. The number of rotatable bonds is 5. The molecule has 2 atom stereocenters. The predicted molar refractivity (Wildman–Crippen MR) is 122 cm³/mol. The van der Waals surface area contributed by atoms with Crippen molar-refractivity contribution in [3.63, 3.8) is 0 Å². The molecule has 1 aromatic heterocycles. The zero-order chi connectivity index (χ0) is 21.3. The van der Waals surface area contributed by atoms with Crippen molar-refractivity contribution >= 4 is 15.9 Å². The molecule has 2 fully saturated rings. The first kappa shape index (κ1) is 21.5. The molecular formula is C25H30BrFN2O2. The molecule has 4 nitrogen and oxygen atoms in total. The Morgan fingerprint density at radius 2 is 1.97 bits per heavy atom. The van der Waals surface area contributed by atoms with Gasteiger partial charge in [-0.1, -0.05) is 28.1 Å². The molecule has 2 aliphatic heterocycles. The maximum Gasteiger partial charge on any atom is 0.141 e. The summed E-state index contributed by atoms with van der Waals surface area (Å²) >= 11 is 3.70. The van der Waals surface area contributed by atoms with Crippen LogP contribution in [0.3, 0.4) is 0 Å².